The first kappa shape index (κ1) is 17.0. The van der Waals surface area contributed by atoms with Crippen molar-refractivity contribution in [3.63, 3.8) is 0 Å². The van der Waals surface area contributed by atoms with Crippen molar-refractivity contribution in [1.82, 2.24) is 4.98 Å². The molecule has 1 N–H and O–H groups in total. The van der Waals surface area contributed by atoms with Crippen molar-refractivity contribution in [2.75, 3.05) is 11.6 Å². The molecule has 0 aliphatic rings. The number of hydrogen-bond acceptors (Lipinski definition) is 5. The van der Waals surface area contributed by atoms with Gasteiger partial charge in [-0.05, 0) is 18.2 Å². The molecule has 0 saturated heterocycles. The second kappa shape index (κ2) is 6.05. The van der Waals surface area contributed by atoms with Crippen LogP contribution in [0.1, 0.15) is 10.4 Å². The van der Waals surface area contributed by atoms with E-state index < -0.39 is 21.6 Å². The van der Waals surface area contributed by atoms with Crippen molar-refractivity contribution in [3.8, 4) is 0 Å². The molecule has 0 amide bonds. The third-order valence-corrected chi connectivity index (χ3v) is 4.93. The van der Waals surface area contributed by atoms with Crippen LogP contribution >= 0.6 is 22.9 Å². The first-order valence-electron chi connectivity index (χ1n) is 5.83. The van der Waals surface area contributed by atoms with Crippen molar-refractivity contribution in [2.45, 2.75) is 17.6 Å². The Morgan fingerprint density at radius 3 is 2.55 bits per heavy atom. The van der Waals surface area contributed by atoms with E-state index in [0.29, 0.717) is 15.4 Å². The predicted octanol–water partition coefficient (Wildman–Crippen LogP) is 3.83. The van der Waals surface area contributed by atoms with E-state index in [2.05, 4.69) is 10.3 Å². The number of aromatic nitrogens is 1. The Kier molecular flexibility index (Phi) is 4.69. The smallest absolute Gasteiger partial charge is 0.380 e. The molecule has 1 aromatic carbocycles. The van der Waals surface area contributed by atoms with E-state index in [1.165, 1.54) is 6.20 Å². The van der Waals surface area contributed by atoms with Gasteiger partial charge in [-0.15, -0.1) is 11.3 Å². The average Bonchev–Trinajstić information content (AvgIpc) is 2.80. The van der Waals surface area contributed by atoms with E-state index in [0.717, 1.165) is 29.7 Å². The highest BCUT2D eigenvalue weighted by Crippen LogP contribution is 2.36. The van der Waals surface area contributed by atoms with Gasteiger partial charge in [0.15, 0.2) is 14.3 Å². The number of sulfone groups is 1. The molecular formula is C12H10ClF3N2O2S2. The van der Waals surface area contributed by atoms with Crippen LogP contribution in [0.4, 0.5) is 18.9 Å². The highest BCUT2D eigenvalue weighted by atomic mass is 35.5. The summed E-state index contributed by atoms with van der Waals surface area (Å²) in [5.74, 6) is 0. The molecule has 0 spiro atoms. The Hall–Kier alpha value is -1.32. The number of rotatable bonds is 4. The van der Waals surface area contributed by atoms with Crippen LogP contribution in [0.15, 0.2) is 29.3 Å². The average molecular weight is 371 g/mol. The molecule has 4 nitrogen and oxygen atoms in total. The van der Waals surface area contributed by atoms with Crippen molar-refractivity contribution in [1.29, 1.82) is 0 Å². The minimum Gasteiger partial charge on any atom is -0.380 e. The fourth-order valence-electron chi connectivity index (χ4n) is 1.69. The van der Waals surface area contributed by atoms with E-state index >= 15 is 0 Å². The molecule has 0 aliphatic carbocycles. The Bertz CT molecular complexity index is 788. The molecule has 1 heterocycles. The zero-order valence-electron chi connectivity index (χ0n) is 11.1. The number of alkyl halides is 3. The Labute approximate surface area is 133 Å². The van der Waals surface area contributed by atoms with Gasteiger partial charge < -0.3 is 5.32 Å². The number of benzene rings is 1. The SMILES string of the molecule is CS(=O)(=O)c1ccc(NCc2cnc(Cl)s2)c(C(F)(F)F)c1. The molecule has 0 unspecified atom stereocenters. The summed E-state index contributed by atoms with van der Waals surface area (Å²) < 4.78 is 62.3. The van der Waals surface area contributed by atoms with Gasteiger partial charge in [0.1, 0.15) is 0 Å². The Balaban J connectivity index is 2.34. The summed E-state index contributed by atoms with van der Waals surface area (Å²) >= 11 is 6.79. The lowest BCUT2D eigenvalue weighted by molar-refractivity contribution is -0.137. The number of anilines is 1. The summed E-state index contributed by atoms with van der Waals surface area (Å²) in [6.45, 7) is 0.103. The maximum absolute atomic E-state index is 13.1. The molecule has 0 radical (unpaired) electrons. The first-order valence-corrected chi connectivity index (χ1v) is 8.91. The van der Waals surface area contributed by atoms with Gasteiger partial charge in [-0.3, -0.25) is 0 Å². The lowest BCUT2D eigenvalue weighted by Crippen LogP contribution is -2.12. The molecule has 2 rings (SSSR count). The van der Waals surface area contributed by atoms with Gasteiger partial charge in [0.2, 0.25) is 0 Å². The minimum absolute atomic E-state index is 0.103. The second-order valence-electron chi connectivity index (χ2n) is 4.41. The van der Waals surface area contributed by atoms with E-state index in [1.54, 1.807) is 0 Å². The number of thiazole rings is 1. The molecule has 0 atom stereocenters. The van der Waals surface area contributed by atoms with Crippen LogP contribution in [-0.4, -0.2) is 19.7 Å². The van der Waals surface area contributed by atoms with Gasteiger partial charge in [-0.25, -0.2) is 13.4 Å². The summed E-state index contributed by atoms with van der Waals surface area (Å²) in [6, 6.07) is 2.85. The second-order valence-corrected chi connectivity index (χ2v) is 8.12. The lowest BCUT2D eigenvalue weighted by atomic mass is 10.1. The van der Waals surface area contributed by atoms with E-state index in [-0.39, 0.29) is 17.1 Å². The number of nitrogens with zero attached hydrogens (tertiary/aromatic N) is 1. The van der Waals surface area contributed by atoms with Gasteiger partial charge >= 0.3 is 6.18 Å². The predicted molar refractivity (Wildman–Crippen MR) is 79.0 cm³/mol. The van der Waals surface area contributed by atoms with Crippen LogP contribution < -0.4 is 5.32 Å². The van der Waals surface area contributed by atoms with Crippen LogP contribution in [-0.2, 0) is 22.6 Å². The lowest BCUT2D eigenvalue weighted by Gasteiger charge is -2.15. The fourth-order valence-corrected chi connectivity index (χ4v) is 3.26. The molecule has 0 saturated carbocycles. The topological polar surface area (TPSA) is 59.1 Å². The van der Waals surface area contributed by atoms with Crippen LogP contribution in [0.2, 0.25) is 4.47 Å². The van der Waals surface area contributed by atoms with E-state index in [1.807, 2.05) is 0 Å². The summed E-state index contributed by atoms with van der Waals surface area (Å²) in [5, 5.41) is 2.63. The van der Waals surface area contributed by atoms with Crippen LogP contribution in [0.25, 0.3) is 0 Å². The van der Waals surface area contributed by atoms with E-state index in [9.17, 15) is 21.6 Å². The maximum Gasteiger partial charge on any atom is 0.418 e. The van der Waals surface area contributed by atoms with Gasteiger partial charge in [0, 0.05) is 23.0 Å². The normalized spacial score (nSPS) is 12.4. The molecule has 0 aliphatic heterocycles. The quantitative estimate of drug-likeness (QED) is 0.888. The first-order chi connectivity index (χ1) is 10.1. The number of nitrogens with one attached hydrogen (secondary N) is 1. The van der Waals surface area contributed by atoms with Gasteiger partial charge in [-0.1, -0.05) is 11.6 Å². The van der Waals surface area contributed by atoms with Crippen molar-refractivity contribution < 1.29 is 21.6 Å². The Morgan fingerprint density at radius 2 is 2.05 bits per heavy atom. The molecule has 22 heavy (non-hydrogen) atoms. The minimum atomic E-state index is -4.67. The molecule has 0 fully saturated rings. The van der Waals surface area contributed by atoms with Crippen molar-refractivity contribution in [3.05, 3.63) is 39.3 Å². The van der Waals surface area contributed by atoms with Crippen LogP contribution in [0.3, 0.4) is 0 Å². The molecule has 1 aromatic heterocycles. The maximum atomic E-state index is 13.1. The highest BCUT2D eigenvalue weighted by molar-refractivity contribution is 7.90. The standard InChI is InChI=1S/C12H10ClF3N2O2S2/c1-22(19,20)8-2-3-10(9(4-8)12(14,15)16)17-5-7-6-18-11(13)21-7/h2-4,6,17H,5H2,1H3. The number of halogens is 4. The van der Waals surface area contributed by atoms with Gasteiger partial charge in [-0.2, -0.15) is 13.2 Å². The third-order valence-electron chi connectivity index (χ3n) is 2.70. The summed E-state index contributed by atoms with van der Waals surface area (Å²) in [5.41, 5.74) is -1.24. The zero-order valence-corrected chi connectivity index (χ0v) is 13.5. The van der Waals surface area contributed by atoms with Crippen molar-refractivity contribution in [2.24, 2.45) is 0 Å². The van der Waals surface area contributed by atoms with Crippen molar-refractivity contribution >= 4 is 38.5 Å². The highest BCUT2D eigenvalue weighted by Gasteiger charge is 2.34. The molecule has 120 valence electrons. The summed E-state index contributed by atoms with van der Waals surface area (Å²) in [4.78, 5) is 4.06. The van der Waals surface area contributed by atoms with Gasteiger partial charge in [0.05, 0.1) is 17.0 Å². The fraction of sp³-hybridized carbons (Fsp3) is 0.250. The van der Waals surface area contributed by atoms with Crippen LogP contribution in [0.5, 0.6) is 0 Å². The molecule has 2 aromatic rings. The van der Waals surface area contributed by atoms with Crippen LogP contribution in [0, 0.1) is 0 Å². The molecule has 0 bridgehead atoms. The van der Waals surface area contributed by atoms with Gasteiger partial charge in [0.25, 0.3) is 0 Å². The monoisotopic (exact) mass is 370 g/mol. The van der Waals surface area contributed by atoms with E-state index in [4.69, 9.17) is 11.6 Å². The largest absolute Gasteiger partial charge is 0.418 e. The molecular weight excluding hydrogens is 361 g/mol. The summed E-state index contributed by atoms with van der Waals surface area (Å²) in [6.07, 6.45) is -2.36. The third kappa shape index (κ3) is 4.11. The summed E-state index contributed by atoms with van der Waals surface area (Å²) in [7, 11) is -3.72. The zero-order chi connectivity index (χ0) is 16.5. The molecule has 10 heteroatoms. The Morgan fingerprint density at radius 1 is 1.36 bits per heavy atom. The number of hydrogen-bond donors (Lipinski definition) is 1.